The van der Waals surface area contributed by atoms with Crippen molar-refractivity contribution in [3.63, 3.8) is 0 Å². The van der Waals surface area contributed by atoms with Crippen LogP contribution in [0, 0.1) is 18.6 Å². The fourth-order valence-corrected chi connectivity index (χ4v) is 2.05. The van der Waals surface area contributed by atoms with Crippen LogP contribution in [0.15, 0.2) is 36.4 Å². The Morgan fingerprint density at radius 1 is 1.00 bits per heavy atom. The molecule has 20 heavy (non-hydrogen) atoms. The molecular weight excluding hydrogens is 256 g/mol. The second kappa shape index (κ2) is 6.14. The molecule has 1 N–H and O–H groups in total. The Balaban J connectivity index is 2.37. The molecule has 0 fully saturated rings. The smallest absolute Gasteiger partial charge is 0.131 e. The Hall–Kier alpha value is -1.74. The highest BCUT2D eigenvalue weighted by Crippen LogP contribution is 2.26. The molecule has 0 saturated heterocycles. The van der Waals surface area contributed by atoms with Gasteiger partial charge in [-0.05, 0) is 36.8 Å². The first-order chi connectivity index (χ1) is 9.47. The van der Waals surface area contributed by atoms with Gasteiger partial charge in [-0.1, -0.05) is 31.5 Å². The number of hydrogen-bond donors (Lipinski definition) is 1. The van der Waals surface area contributed by atoms with Crippen LogP contribution in [0.25, 0.3) is 11.1 Å². The molecule has 3 heteroatoms. The van der Waals surface area contributed by atoms with E-state index in [1.54, 1.807) is 24.3 Å². The summed E-state index contributed by atoms with van der Waals surface area (Å²) in [6.45, 7) is 6.35. The van der Waals surface area contributed by atoms with E-state index < -0.39 is 0 Å². The molecule has 0 bridgehead atoms. The van der Waals surface area contributed by atoms with Crippen molar-refractivity contribution in [1.82, 2.24) is 5.32 Å². The fourth-order valence-electron chi connectivity index (χ4n) is 2.05. The summed E-state index contributed by atoms with van der Waals surface area (Å²) in [6.07, 6.45) is 0. The van der Waals surface area contributed by atoms with Gasteiger partial charge in [0.1, 0.15) is 11.6 Å². The highest BCUT2D eigenvalue weighted by atomic mass is 19.1. The first kappa shape index (κ1) is 14.7. The number of rotatable bonds is 4. The van der Waals surface area contributed by atoms with Crippen molar-refractivity contribution >= 4 is 0 Å². The van der Waals surface area contributed by atoms with Crippen LogP contribution in [0.5, 0.6) is 0 Å². The monoisotopic (exact) mass is 275 g/mol. The topological polar surface area (TPSA) is 12.0 Å². The summed E-state index contributed by atoms with van der Waals surface area (Å²) < 4.78 is 27.7. The summed E-state index contributed by atoms with van der Waals surface area (Å²) in [6, 6.07) is 9.95. The molecule has 2 aromatic rings. The largest absolute Gasteiger partial charge is 0.310 e. The van der Waals surface area contributed by atoms with Gasteiger partial charge in [0.15, 0.2) is 0 Å². The summed E-state index contributed by atoms with van der Waals surface area (Å²) in [5.41, 5.74) is 2.74. The highest BCUT2D eigenvalue weighted by molar-refractivity contribution is 5.65. The SMILES string of the molecule is Cc1ccc(F)c(-c2ccc(F)c(CNC(C)C)c2)c1. The maximum Gasteiger partial charge on any atom is 0.131 e. The van der Waals surface area contributed by atoms with Crippen LogP contribution in [-0.4, -0.2) is 6.04 Å². The summed E-state index contributed by atoms with van der Waals surface area (Å²) in [5, 5.41) is 3.17. The van der Waals surface area contributed by atoms with E-state index in [9.17, 15) is 8.78 Å². The Labute approximate surface area is 118 Å². The molecule has 0 spiro atoms. The Morgan fingerprint density at radius 3 is 2.40 bits per heavy atom. The van der Waals surface area contributed by atoms with Gasteiger partial charge in [-0.2, -0.15) is 0 Å². The second-order valence-electron chi connectivity index (χ2n) is 5.33. The van der Waals surface area contributed by atoms with Crippen LogP contribution in [0.4, 0.5) is 8.78 Å². The third-order valence-electron chi connectivity index (χ3n) is 3.18. The minimum absolute atomic E-state index is 0.269. The van der Waals surface area contributed by atoms with Gasteiger partial charge in [0.2, 0.25) is 0 Å². The maximum atomic E-state index is 13.9. The summed E-state index contributed by atoms with van der Waals surface area (Å²) in [5.74, 6) is -0.556. The lowest BCUT2D eigenvalue weighted by Crippen LogP contribution is -2.22. The van der Waals surface area contributed by atoms with E-state index in [1.165, 1.54) is 12.1 Å². The van der Waals surface area contributed by atoms with E-state index in [1.807, 2.05) is 20.8 Å². The molecule has 0 unspecified atom stereocenters. The third kappa shape index (κ3) is 3.42. The first-order valence-electron chi connectivity index (χ1n) is 6.75. The predicted molar refractivity (Wildman–Crippen MR) is 78.5 cm³/mol. The zero-order chi connectivity index (χ0) is 14.7. The van der Waals surface area contributed by atoms with E-state index in [4.69, 9.17) is 0 Å². The summed E-state index contributed by atoms with van der Waals surface area (Å²) >= 11 is 0. The zero-order valence-corrected chi connectivity index (χ0v) is 12.0. The molecule has 0 aromatic heterocycles. The lowest BCUT2D eigenvalue weighted by atomic mass is 10.0. The Kier molecular flexibility index (Phi) is 4.50. The van der Waals surface area contributed by atoms with Crippen molar-refractivity contribution in [2.24, 2.45) is 0 Å². The third-order valence-corrected chi connectivity index (χ3v) is 3.18. The van der Waals surface area contributed by atoms with Gasteiger partial charge < -0.3 is 5.32 Å². The summed E-state index contributed by atoms with van der Waals surface area (Å²) in [7, 11) is 0. The highest BCUT2D eigenvalue weighted by Gasteiger charge is 2.09. The van der Waals surface area contributed by atoms with Crippen LogP contribution in [0.3, 0.4) is 0 Å². The van der Waals surface area contributed by atoms with Crippen molar-refractivity contribution in [3.8, 4) is 11.1 Å². The van der Waals surface area contributed by atoms with Gasteiger partial charge in [-0.3, -0.25) is 0 Å². The normalized spacial score (nSPS) is 11.1. The van der Waals surface area contributed by atoms with E-state index in [-0.39, 0.29) is 17.7 Å². The molecular formula is C17H19F2N. The van der Waals surface area contributed by atoms with E-state index in [2.05, 4.69) is 5.32 Å². The Bertz CT molecular complexity index is 606. The van der Waals surface area contributed by atoms with Crippen molar-refractivity contribution in [2.75, 3.05) is 0 Å². The van der Waals surface area contributed by atoms with Crippen molar-refractivity contribution in [3.05, 3.63) is 59.2 Å². The maximum absolute atomic E-state index is 13.9. The number of hydrogen-bond acceptors (Lipinski definition) is 1. The van der Waals surface area contributed by atoms with Gasteiger partial charge >= 0.3 is 0 Å². The van der Waals surface area contributed by atoms with Crippen molar-refractivity contribution in [2.45, 2.75) is 33.4 Å². The predicted octanol–water partition coefficient (Wildman–Crippen LogP) is 4.44. The Morgan fingerprint density at radius 2 is 1.70 bits per heavy atom. The number of halogens is 2. The molecule has 0 heterocycles. The minimum atomic E-state index is -0.287. The molecule has 106 valence electrons. The molecule has 0 aliphatic rings. The number of nitrogens with one attached hydrogen (secondary N) is 1. The van der Waals surface area contributed by atoms with Gasteiger partial charge in [0.05, 0.1) is 0 Å². The van der Waals surface area contributed by atoms with Gasteiger partial charge in [-0.25, -0.2) is 8.78 Å². The van der Waals surface area contributed by atoms with Crippen LogP contribution < -0.4 is 5.32 Å². The molecule has 0 atom stereocenters. The molecule has 0 aliphatic carbocycles. The second-order valence-corrected chi connectivity index (χ2v) is 5.33. The standard InChI is InChI=1S/C17H19F2N/c1-11(2)20-10-14-9-13(5-7-16(14)18)15-8-12(3)4-6-17(15)19/h4-9,11,20H,10H2,1-3H3. The molecule has 0 radical (unpaired) electrons. The van der Waals surface area contributed by atoms with Gasteiger partial charge in [-0.15, -0.1) is 0 Å². The molecule has 0 aliphatic heterocycles. The van der Waals surface area contributed by atoms with E-state index in [0.29, 0.717) is 23.2 Å². The minimum Gasteiger partial charge on any atom is -0.310 e. The lowest BCUT2D eigenvalue weighted by Gasteiger charge is -2.11. The van der Waals surface area contributed by atoms with Crippen LogP contribution in [0.2, 0.25) is 0 Å². The van der Waals surface area contributed by atoms with Crippen LogP contribution >= 0.6 is 0 Å². The first-order valence-corrected chi connectivity index (χ1v) is 6.75. The fraction of sp³-hybridized carbons (Fsp3) is 0.294. The van der Waals surface area contributed by atoms with Crippen LogP contribution in [-0.2, 0) is 6.54 Å². The molecule has 0 saturated carbocycles. The lowest BCUT2D eigenvalue weighted by molar-refractivity contribution is 0.553. The number of benzene rings is 2. The number of aryl methyl sites for hydroxylation is 1. The van der Waals surface area contributed by atoms with Crippen molar-refractivity contribution < 1.29 is 8.78 Å². The quantitative estimate of drug-likeness (QED) is 0.870. The molecule has 2 aromatic carbocycles. The average molecular weight is 275 g/mol. The molecule has 2 rings (SSSR count). The molecule has 0 amide bonds. The molecule has 1 nitrogen and oxygen atoms in total. The van der Waals surface area contributed by atoms with Crippen molar-refractivity contribution in [1.29, 1.82) is 0 Å². The van der Waals surface area contributed by atoms with Gasteiger partial charge in [0.25, 0.3) is 0 Å². The van der Waals surface area contributed by atoms with Gasteiger partial charge in [0, 0.05) is 23.7 Å². The van der Waals surface area contributed by atoms with Crippen LogP contribution in [0.1, 0.15) is 25.0 Å². The van der Waals surface area contributed by atoms with E-state index in [0.717, 1.165) is 5.56 Å². The zero-order valence-electron chi connectivity index (χ0n) is 12.0. The summed E-state index contributed by atoms with van der Waals surface area (Å²) in [4.78, 5) is 0. The average Bonchev–Trinajstić information content (AvgIpc) is 2.40. The van der Waals surface area contributed by atoms with E-state index >= 15 is 0 Å².